The summed E-state index contributed by atoms with van der Waals surface area (Å²) in [6.07, 6.45) is 2.32. The van der Waals surface area contributed by atoms with Crippen molar-refractivity contribution in [2.45, 2.75) is 31.8 Å². The van der Waals surface area contributed by atoms with Gasteiger partial charge in [0.2, 0.25) is 6.43 Å². The molecule has 1 fully saturated rings. The fraction of sp³-hybridized carbons (Fsp3) is 0.409. The first-order chi connectivity index (χ1) is 15.4. The molecule has 10 heteroatoms. The minimum Gasteiger partial charge on any atom is -0.487 e. The third-order valence-corrected chi connectivity index (χ3v) is 5.81. The molecule has 4 heterocycles. The van der Waals surface area contributed by atoms with E-state index in [1.807, 2.05) is 12.1 Å². The highest BCUT2D eigenvalue weighted by Crippen LogP contribution is 2.43. The monoisotopic (exact) mass is 443 g/mol. The number of benzene rings is 1. The lowest BCUT2D eigenvalue weighted by Crippen LogP contribution is -2.36. The molecule has 3 aromatic rings. The number of alkyl halides is 2. The second-order valence-corrected chi connectivity index (χ2v) is 8.30. The van der Waals surface area contributed by atoms with Gasteiger partial charge in [-0.1, -0.05) is 0 Å². The summed E-state index contributed by atoms with van der Waals surface area (Å²) in [5.74, 6) is 0.229. The van der Waals surface area contributed by atoms with E-state index in [2.05, 4.69) is 20.3 Å². The predicted octanol–water partition coefficient (Wildman–Crippen LogP) is 3.17. The van der Waals surface area contributed by atoms with Crippen LogP contribution in [0.25, 0.3) is 5.65 Å². The van der Waals surface area contributed by atoms with E-state index in [0.717, 1.165) is 11.3 Å². The molecule has 1 aromatic carbocycles. The fourth-order valence-electron chi connectivity index (χ4n) is 4.33. The molecule has 2 aliphatic heterocycles. The zero-order chi connectivity index (χ0) is 22.3. The van der Waals surface area contributed by atoms with E-state index >= 15 is 0 Å². The van der Waals surface area contributed by atoms with E-state index in [1.54, 1.807) is 25.4 Å². The Kier molecular flexibility index (Phi) is 5.16. The molecule has 0 radical (unpaired) electrons. The Bertz CT molecular complexity index is 1160. The number of nitrogens with one attached hydrogen (secondary N) is 1. The van der Waals surface area contributed by atoms with Crippen LogP contribution in [0.15, 0.2) is 36.8 Å². The van der Waals surface area contributed by atoms with E-state index in [0.29, 0.717) is 55.4 Å². The quantitative estimate of drug-likeness (QED) is 0.653. The molecule has 1 atom stereocenters. The van der Waals surface area contributed by atoms with Crippen molar-refractivity contribution in [3.8, 4) is 5.75 Å². The largest absolute Gasteiger partial charge is 0.487 e. The van der Waals surface area contributed by atoms with Crippen LogP contribution in [0, 0.1) is 0 Å². The Morgan fingerprint density at radius 3 is 2.91 bits per heavy atom. The van der Waals surface area contributed by atoms with Crippen LogP contribution in [-0.4, -0.2) is 58.8 Å². The zero-order valence-corrected chi connectivity index (χ0v) is 17.6. The molecule has 1 saturated heterocycles. The minimum absolute atomic E-state index is 0.344. The van der Waals surface area contributed by atoms with Crippen molar-refractivity contribution in [1.29, 1.82) is 0 Å². The number of carbonyl (C=O) groups excluding carboxylic acids is 1. The molecule has 1 N–H and O–H groups in total. The molecule has 0 saturated carbocycles. The zero-order valence-electron chi connectivity index (χ0n) is 17.6. The van der Waals surface area contributed by atoms with E-state index in [-0.39, 0.29) is 12.3 Å². The number of nitrogens with zero attached hydrogens (tertiary/aromatic N) is 4. The molecular formula is C22H23F2N5O3. The summed E-state index contributed by atoms with van der Waals surface area (Å²) in [6, 6.07) is 5.39. The van der Waals surface area contributed by atoms with E-state index < -0.39 is 12.0 Å². The highest BCUT2D eigenvalue weighted by Gasteiger charge is 2.38. The van der Waals surface area contributed by atoms with Gasteiger partial charge in [-0.2, -0.15) is 5.10 Å². The van der Waals surface area contributed by atoms with Crippen molar-refractivity contribution in [2.24, 2.45) is 0 Å². The summed E-state index contributed by atoms with van der Waals surface area (Å²) in [6.45, 7) is 4.11. The number of ether oxygens (including phenoxy) is 2. The SMILES string of the molecule is CC1(CC(F)F)Cc2cc(NC(=O)c3cnn4cccnc34)c(N3CCOCC3)cc2O1. The van der Waals surface area contributed by atoms with Crippen molar-refractivity contribution in [2.75, 3.05) is 36.5 Å². The van der Waals surface area contributed by atoms with Gasteiger partial charge in [-0.25, -0.2) is 18.3 Å². The van der Waals surface area contributed by atoms with E-state index in [9.17, 15) is 13.6 Å². The van der Waals surface area contributed by atoms with Crippen molar-refractivity contribution >= 4 is 22.9 Å². The van der Waals surface area contributed by atoms with Crippen LogP contribution in [0.1, 0.15) is 29.3 Å². The van der Waals surface area contributed by atoms with Crippen molar-refractivity contribution in [1.82, 2.24) is 14.6 Å². The molecule has 8 nitrogen and oxygen atoms in total. The molecular weight excluding hydrogens is 420 g/mol. The Morgan fingerprint density at radius 2 is 2.12 bits per heavy atom. The second kappa shape index (κ2) is 8.01. The number of rotatable bonds is 5. The average molecular weight is 443 g/mol. The number of carbonyl (C=O) groups is 1. The number of morpholine rings is 1. The lowest BCUT2D eigenvalue weighted by molar-refractivity contribution is 0.0251. The molecule has 1 unspecified atom stereocenters. The molecule has 0 bridgehead atoms. The second-order valence-electron chi connectivity index (χ2n) is 8.30. The molecule has 1 amide bonds. The van der Waals surface area contributed by atoms with Gasteiger partial charge in [0.25, 0.3) is 5.91 Å². The van der Waals surface area contributed by atoms with Crippen LogP contribution in [0.3, 0.4) is 0 Å². The summed E-state index contributed by atoms with van der Waals surface area (Å²) >= 11 is 0. The molecule has 0 spiro atoms. The van der Waals surface area contributed by atoms with Crippen LogP contribution in [0.4, 0.5) is 20.2 Å². The van der Waals surface area contributed by atoms with Crippen molar-refractivity contribution in [3.05, 3.63) is 47.9 Å². The number of anilines is 2. The highest BCUT2D eigenvalue weighted by molar-refractivity contribution is 6.09. The lowest BCUT2D eigenvalue weighted by atomic mass is 9.95. The van der Waals surface area contributed by atoms with Crippen molar-refractivity contribution in [3.63, 3.8) is 0 Å². The number of hydrogen-bond donors (Lipinski definition) is 1. The van der Waals surface area contributed by atoms with Gasteiger partial charge < -0.3 is 19.7 Å². The number of amides is 1. The maximum atomic E-state index is 13.1. The summed E-state index contributed by atoms with van der Waals surface area (Å²) in [7, 11) is 0. The van der Waals surface area contributed by atoms with Crippen LogP contribution in [-0.2, 0) is 11.2 Å². The maximum Gasteiger partial charge on any atom is 0.261 e. The first-order valence-corrected chi connectivity index (χ1v) is 10.5. The topological polar surface area (TPSA) is 81.0 Å². The van der Waals surface area contributed by atoms with Gasteiger partial charge in [0.1, 0.15) is 16.9 Å². The molecule has 5 rings (SSSR count). The maximum absolute atomic E-state index is 13.1. The van der Waals surface area contributed by atoms with Crippen LogP contribution >= 0.6 is 0 Å². The average Bonchev–Trinajstić information content (AvgIpc) is 3.33. The minimum atomic E-state index is -2.46. The molecule has 0 aliphatic carbocycles. The van der Waals surface area contributed by atoms with E-state index in [1.165, 1.54) is 10.7 Å². The highest BCUT2D eigenvalue weighted by atomic mass is 19.3. The Balaban J connectivity index is 1.49. The summed E-state index contributed by atoms with van der Waals surface area (Å²) in [5, 5.41) is 7.16. The molecule has 2 aromatic heterocycles. The third-order valence-electron chi connectivity index (χ3n) is 5.81. The van der Waals surface area contributed by atoms with Gasteiger partial charge in [-0.15, -0.1) is 0 Å². The normalized spacial score (nSPS) is 20.4. The fourth-order valence-corrected chi connectivity index (χ4v) is 4.33. The van der Waals surface area contributed by atoms with Gasteiger partial charge in [-0.3, -0.25) is 4.79 Å². The number of halogens is 2. The lowest BCUT2D eigenvalue weighted by Gasteiger charge is -2.31. The Labute approximate surface area is 183 Å². The van der Waals surface area contributed by atoms with Crippen LogP contribution < -0.4 is 15.0 Å². The standard InChI is InChI=1S/C22H23F2N5O3/c1-22(12-19(23)24)11-14-9-16(17(10-18(14)32-22)28-5-7-31-8-6-28)27-21(30)15-13-26-29-4-2-3-25-20(15)29/h2-4,9-10,13,19H,5-8,11-12H2,1H3,(H,27,30). The molecule has 2 aliphatic rings. The van der Waals surface area contributed by atoms with Gasteiger partial charge in [0, 0.05) is 50.0 Å². The van der Waals surface area contributed by atoms with Gasteiger partial charge >= 0.3 is 0 Å². The Morgan fingerprint density at radius 1 is 1.31 bits per heavy atom. The van der Waals surface area contributed by atoms with Gasteiger partial charge in [0.05, 0.1) is 30.8 Å². The number of hydrogen-bond acceptors (Lipinski definition) is 6. The third kappa shape index (κ3) is 3.86. The number of aromatic nitrogens is 3. The molecule has 32 heavy (non-hydrogen) atoms. The summed E-state index contributed by atoms with van der Waals surface area (Å²) in [4.78, 5) is 19.5. The summed E-state index contributed by atoms with van der Waals surface area (Å²) < 4.78 is 39.1. The van der Waals surface area contributed by atoms with Crippen LogP contribution in [0.5, 0.6) is 5.75 Å². The Hall–Kier alpha value is -3.27. The summed E-state index contributed by atoms with van der Waals surface area (Å²) in [5.41, 5.74) is 1.97. The first kappa shape index (κ1) is 20.6. The van der Waals surface area contributed by atoms with E-state index in [4.69, 9.17) is 9.47 Å². The van der Waals surface area contributed by atoms with Crippen molar-refractivity contribution < 1.29 is 23.0 Å². The van der Waals surface area contributed by atoms with Crippen LogP contribution in [0.2, 0.25) is 0 Å². The predicted molar refractivity (Wildman–Crippen MR) is 114 cm³/mol. The van der Waals surface area contributed by atoms with Gasteiger partial charge in [-0.05, 0) is 19.1 Å². The number of fused-ring (bicyclic) bond motifs is 2. The molecule has 168 valence electrons. The van der Waals surface area contributed by atoms with Gasteiger partial charge in [0.15, 0.2) is 5.65 Å². The smallest absolute Gasteiger partial charge is 0.261 e. The first-order valence-electron chi connectivity index (χ1n) is 10.5.